The molecule has 4 aromatic rings. The summed E-state index contributed by atoms with van der Waals surface area (Å²) in [4.78, 5) is 17.3. The molecule has 1 N–H and O–H groups in total. The van der Waals surface area contributed by atoms with Crippen molar-refractivity contribution in [1.29, 1.82) is 0 Å². The molecule has 0 unspecified atom stereocenters. The van der Waals surface area contributed by atoms with Crippen molar-refractivity contribution in [2.24, 2.45) is 0 Å². The van der Waals surface area contributed by atoms with Gasteiger partial charge in [0, 0.05) is 11.1 Å². The maximum absolute atomic E-state index is 12.7. The fourth-order valence-corrected chi connectivity index (χ4v) is 3.62. The zero-order valence-corrected chi connectivity index (χ0v) is 18.7. The number of amides is 1. The summed E-state index contributed by atoms with van der Waals surface area (Å²) in [7, 11) is 0. The summed E-state index contributed by atoms with van der Waals surface area (Å²) in [6, 6.07) is 19.1. The number of rotatable bonds is 6. The number of aromatic nitrogens is 1. The SMILES string of the molecule is CCc1ccc(C(=O)Nc2cc(-c3nc4cc([C@@H](C)CC)ccc4o3)ccc2Cl)cc1. The van der Waals surface area contributed by atoms with E-state index < -0.39 is 0 Å². The van der Waals surface area contributed by atoms with Gasteiger partial charge in [-0.15, -0.1) is 0 Å². The summed E-state index contributed by atoms with van der Waals surface area (Å²) >= 11 is 6.35. The van der Waals surface area contributed by atoms with Crippen LogP contribution in [0.25, 0.3) is 22.6 Å². The van der Waals surface area contributed by atoms with Crippen LogP contribution in [0.3, 0.4) is 0 Å². The van der Waals surface area contributed by atoms with Gasteiger partial charge in [0.15, 0.2) is 5.58 Å². The second-order valence-electron chi connectivity index (χ2n) is 7.75. The minimum Gasteiger partial charge on any atom is -0.436 e. The number of benzene rings is 3. The second kappa shape index (κ2) is 8.94. The van der Waals surface area contributed by atoms with Crippen LogP contribution in [-0.2, 0) is 6.42 Å². The monoisotopic (exact) mass is 432 g/mol. The van der Waals surface area contributed by atoms with E-state index in [-0.39, 0.29) is 5.91 Å². The van der Waals surface area contributed by atoms with Crippen LogP contribution < -0.4 is 5.32 Å². The molecule has 1 heterocycles. The number of nitrogens with one attached hydrogen (secondary N) is 1. The Morgan fingerprint density at radius 3 is 2.55 bits per heavy atom. The molecule has 3 aromatic carbocycles. The number of oxazole rings is 1. The molecule has 0 radical (unpaired) electrons. The number of carbonyl (C=O) groups excluding carboxylic acids is 1. The summed E-state index contributed by atoms with van der Waals surface area (Å²) in [6.07, 6.45) is 2.00. The number of fused-ring (bicyclic) bond motifs is 1. The van der Waals surface area contributed by atoms with Crippen molar-refractivity contribution in [2.75, 3.05) is 5.32 Å². The zero-order chi connectivity index (χ0) is 22.0. The molecule has 5 heteroatoms. The van der Waals surface area contributed by atoms with Gasteiger partial charge in [-0.3, -0.25) is 4.79 Å². The first-order valence-electron chi connectivity index (χ1n) is 10.6. The van der Waals surface area contributed by atoms with Crippen molar-refractivity contribution in [1.82, 2.24) is 4.98 Å². The van der Waals surface area contributed by atoms with Crippen LogP contribution >= 0.6 is 11.6 Å². The fraction of sp³-hybridized carbons (Fsp3) is 0.231. The van der Waals surface area contributed by atoms with Crippen molar-refractivity contribution in [3.8, 4) is 11.5 Å². The third-order valence-electron chi connectivity index (χ3n) is 5.68. The zero-order valence-electron chi connectivity index (χ0n) is 17.9. The van der Waals surface area contributed by atoms with E-state index in [2.05, 4.69) is 43.2 Å². The Morgan fingerprint density at radius 2 is 1.84 bits per heavy atom. The Labute approximate surface area is 187 Å². The lowest BCUT2D eigenvalue weighted by Gasteiger charge is -2.09. The van der Waals surface area contributed by atoms with Gasteiger partial charge in [0.1, 0.15) is 5.52 Å². The second-order valence-corrected chi connectivity index (χ2v) is 8.16. The lowest BCUT2D eigenvalue weighted by molar-refractivity contribution is 0.102. The van der Waals surface area contributed by atoms with Crippen molar-refractivity contribution >= 4 is 34.3 Å². The third kappa shape index (κ3) is 4.49. The van der Waals surface area contributed by atoms with Crippen molar-refractivity contribution in [3.63, 3.8) is 0 Å². The van der Waals surface area contributed by atoms with Gasteiger partial charge in [0.25, 0.3) is 5.91 Å². The highest BCUT2D eigenvalue weighted by Gasteiger charge is 2.14. The molecule has 0 aliphatic heterocycles. The largest absolute Gasteiger partial charge is 0.436 e. The van der Waals surface area contributed by atoms with Crippen molar-refractivity contribution in [3.05, 3.63) is 82.4 Å². The number of halogens is 1. The molecule has 0 bridgehead atoms. The summed E-state index contributed by atoms with van der Waals surface area (Å²) in [5.74, 6) is 0.751. The van der Waals surface area contributed by atoms with E-state index in [4.69, 9.17) is 16.0 Å². The molecule has 0 saturated carbocycles. The number of hydrogen-bond acceptors (Lipinski definition) is 3. The van der Waals surface area contributed by atoms with Crippen LogP contribution in [0.15, 0.2) is 65.1 Å². The van der Waals surface area contributed by atoms with Gasteiger partial charge in [-0.25, -0.2) is 4.98 Å². The van der Waals surface area contributed by atoms with E-state index in [0.717, 1.165) is 29.5 Å². The molecule has 0 aliphatic carbocycles. The van der Waals surface area contributed by atoms with E-state index in [1.54, 1.807) is 12.1 Å². The Morgan fingerprint density at radius 1 is 1.06 bits per heavy atom. The Bertz CT molecular complexity index is 1230. The van der Waals surface area contributed by atoms with Gasteiger partial charge >= 0.3 is 0 Å². The van der Waals surface area contributed by atoms with Gasteiger partial charge in [0.2, 0.25) is 5.89 Å². The Hall–Kier alpha value is -3.11. The number of aryl methyl sites for hydroxylation is 1. The van der Waals surface area contributed by atoms with Crippen LogP contribution in [0.5, 0.6) is 0 Å². The van der Waals surface area contributed by atoms with E-state index in [1.165, 1.54) is 11.1 Å². The molecule has 1 aromatic heterocycles. The quantitative estimate of drug-likeness (QED) is 0.343. The molecule has 4 nitrogen and oxygen atoms in total. The highest BCUT2D eigenvalue weighted by atomic mass is 35.5. The lowest BCUT2D eigenvalue weighted by atomic mass is 9.98. The van der Waals surface area contributed by atoms with Crippen LogP contribution in [-0.4, -0.2) is 10.9 Å². The molecular weight excluding hydrogens is 408 g/mol. The topological polar surface area (TPSA) is 55.1 Å². The first kappa shape index (κ1) is 21.1. The molecular formula is C26H25ClN2O2. The van der Waals surface area contributed by atoms with Gasteiger partial charge < -0.3 is 9.73 Å². The molecule has 1 amide bonds. The molecule has 0 saturated heterocycles. The minimum atomic E-state index is -0.211. The number of carbonyl (C=O) groups is 1. The molecule has 158 valence electrons. The minimum absolute atomic E-state index is 0.211. The average Bonchev–Trinajstić information content (AvgIpc) is 3.23. The molecule has 4 rings (SSSR count). The molecule has 0 aliphatic rings. The molecule has 1 atom stereocenters. The maximum atomic E-state index is 12.7. The summed E-state index contributed by atoms with van der Waals surface area (Å²) in [5, 5.41) is 3.36. The van der Waals surface area contributed by atoms with Gasteiger partial charge in [-0.2, -0.15) is 0 Å². The summed E-state index contributed by atoms with van der Waals surface area (Å²) < 4.78 is 5.97. The molecule has 31 heavy (non-hydrogen) atoms. The van der Waals surface area contributed by atoms with Crippen molar-refractivity contribution < 1.29 is 9.21 Å². The van der Waals surface area contributed by atoms with E-state index in [0.29, 0.717) is 28.1 Å². The van der Waals surface area contributed by atoms with Crippen LogP contribution in [0.4, 0.5) is 5.69 Å². The molecule has 0 spiro atoms. The number of nitrogens with zero attached hydrogens (tertiary/aromatic N) is 1. The summed E-state index contributed by atoms with van der Waals surface area (Å²) in [5.41, 5.74) is 5.84. The lowest BCUT2D eigenvalue weighted by Crippen LogP contribution is -2.12. The van der Waals surface area contributed by atoms with Gasteiger partial charge in [0.05, 0.1) is 10.7 Å². The van der Waals surface area contributed by atoms with E-state index in [9.17, 15) is 4.79 Å². The Kier molecular flexibility index (Phi) is 6.10. The van der Waals surface area contributed by atoms with Gasteiger partial charge in [-0.1, -0.05) is 50.6 Å². The highest BCUT2D eigenvalue weighted by molar-refractivity contribution is 6.34. The third-order valence-corrected chi connectivity index (χ3v) is 6.01. The summed E-state index contributed by atoms with van der Waals surface area (Å²) in [6.45, 7) is 6.45. The highest BCUT2D eigenvalue weighted by Crippen LogP contribution is 2.32. The number of anilines is 1. The maximum Gasteiger partial charge on any atom is 0.255 e. The van der Waals surface area contributed by atoms with Crippen LogP contribution in [0.2, 0.25) is 5.02 Å². The molecule has 0 fully saturated rings. The smallest absolute Gasteiger partial charge is 0.255 e. The fourth-order valence-electron chi connectivity index (χ4n) is 3.45. The van der Waals surface area contributed by atoms with Crippen molar-refractivity contribution in [2.45, 2.75) is 39.5 Å². The van der Waals surface area contributed by atoms with Crippen LogP contribution in [0.1, 0.15) is 54.6 Å². The standard InChI is InChI=1S/C26H25ClN2O2/c1-4-16(3)19-11-13-24-23(14-19)29-26(31-24)20-10-12-21(27)22(15-20)28-25(30)18-8-6-17(5-2)7-9-18/h6-16H,4-5H2,1-3H3,(H,28,30)/t16-/m0/s1. The first-order chi connectivity index (χ1) is 15.0. The van der Waals surface area contributed by atoms with E-state index in [1.807, 2.05) is 36.4 Å². The van der Waals surface area contributed by atoms with E-state index >= 15 is 0 Å². The predicted molar refractivity (Wildman–Crippen MR) is 127 cm³/mol. The normalized spacial score (nSPS) is 12.1. The first-order valence-corrected chi connectivity index (χ1v) is 11.0. The number of hydrogen-bond donors (Lipinski definition) is 1. The van der Waals surface area contributed by atoms with Crippen LogP contribution in [0, 0.1) is 0 Å². The predicted octanol–water partition coefficient (Wildman–Crippen LogP) is 7.48. The average molecular weight is 433 g/mol. The Balaban J connectivity index is 1.61. The van der Waals surface area contributed by atoms with Gasteiger partial charge in [-0.05, 0) is 72.4 Å².